The van der Waals surface area contributed by atoms with Crippen LogP contribution in [0.3, 0.4) is 0 Å². The average molecular weight is 659 g/mol. The summed E-state index contributed by atoms with van der Waals surface area (Å²) in [5, 5.41) is 25.8. The van der Waals surface area contributed by atoms with Crippen molar-refractivity contribution in [3.05, 3.63) is 48.5 Å². The van der Waals surface area contributed by atoms with Crippen molar-refractivity contribution in [1.29, 1.82) is 0 Å². The predicted molar refractivity (Wildman–Crippen MR) is 199 cm³/mol. The van der Waals surface area contributed by atoms with Gasteiger partial charge in [-0.05, 0) is 121 Å². The van der Waals surface area contributed by atoms with Crippen LogP contribution in [-0.2, 0) is 6.54 Å². The number of phenols is 2. The van der Waals surface area contributed by atoms with Gasteiger partial charge in [-0.1, -0.05) is 69.2 Å². The first kappa shape index (κ1) is 34.5. The number of hydrogen-bond acceptors (Lipinski definition) is 4. The predicted octanol–water partition coefficient (Wildman–Crippen LogP) is 11.8. The molecule has 2 aromatic carbocycles. The number of aryl methyl sites for hydroxylation is 1. The van der Waals surface area contributed by atoms with Gasteiger partial charge >= 0.3 is 0 Å². The maximum Gasteiger partial charge on any atom is 0.185 e. The summed E-state index contributed by atoms with van der Waals surface area (Å²) in [7, 11) is -0.929. The van der Waals surface area contributed by atoms with Crippen LogP contribution in [0.4, 0.5) is 0 Å². The molecule has 2 N–H and O–H groups in total. The summed E-state index contributed by atoms with van der Waals surface area (Å²) in [6.45, 7) is 0.751. The largest absolute Gasteiger partial charge is 0.507 e. The highest BCUT2D eigenvalue weighted by molar-refractivity contribution is 7.77. The number of para-hydroxylation sites is 2. The van der Waals surface area contributed by atoms with Gasteiger partial charge in [0, 0.05) is 13.8 Å². The van der Waals surface area contributed by atoms with E-state index in [1.54, 1.807) is 56.8 Å². The standard InChI is InChI=1S/C41H60N3O2P/c45-38-29-17-15-27-36(38)40-42-41(37-28-16-18-30-39(37)46)44(43-40)31-19-4-2-1-3-5-20-32-47(33-21-9-6-10-22-33,34-23-11-7-12-24-34)35-25-13-8-14-26-35/h15-18,27-30,33-35H,1-14,19-26,31-32H2,(H-,42,43,45,46)/p+1. The van der Waals surface area contributed by atoms with Gasteiger partial charge in [-0.15, -0.1) is 0 Å². The maximum absolute atomic E-state index is 10.6. The van der Waals surface area contributed by atoms with E-state index in [0.29, 0.717) is 22.8 Å². The zero-order chi connectivity index (χ0) is 32.3. The van der Waals surface area contributed by atoms with E-state index in [0.717, 1.165) is 29.9 Å². The molecule has 0 bridgehead atoms. The Morgan fingerprint density at radius 1 is 0.553 bits per heavy atom. The van der Waals surface area contributed by atoms with E-state index in [9.17, 15) is 10.2 Å². The summed E-state index contributed by atoms with van der Waals surface area (Å²) in [4.78, 5) is 4.78. The van der Waals surface area contributed by atoms with Gasteiger partial charge in [0.2, 0.25) is 0 Å². The van der Waals surface area contributed by atoms with E-state index >= 15 is 0 Å². The molecular weight excluding hydrogens is 597 g/mol. The number of aromatic hydroxyl groups is 2. The van der Waals surface area contributed by atoms with Crippen molar-refractivity contribution >= 4 is 7.26 Å². The highest BCUT2D eigenvalue weighted by atomic mass is 31.2. The van der Waals surface area contributed by atoms with Gasteiger partial charge in [0.15, 0.2) is 11.6 Å². The van der Waals surface area contributed by atoms with Crippen molar-refractivity contribution in [1.82, 2.24) is 14.8 Å². The minimum atomic E-state index is -0.929. The van der Waals surface area contributed by atoms with Crippen LogP contribution in [0.25, 0.3) is 22.8 Å². The zero-order valence-corrected chi connectivity index (χ0v) is 29.9. The topological polar surface area (TPSA) is 71.2 Å². The third-order valence-corrected chi connectivity index (χ3v) is 18.9. The number of unbranched alkanes of at least 4 members (excludes halogenated alkanes) is 6. The molecule has 0 saturated heterocycles. The number of phenolic OH excluding ortho intramolecular Hbond substituents is 2. The smallest absolute Gasteiger partial charge is 0.185 e. The molecule has 1 heterocycles. The van der Waals surface area contributed by atoms with Crippen LogP contribution >= 0.6 is 7.26 Å². The number of benzene rings is 2. The third kappa shape index (κ3) is 8.44. The maximum atomic E-state index is 10.6. The molecule has 0 aliphatic heterocycles. The van der Waals surface area contributed by atoms with E-state index in [-0.39, 0.29) is 11.5 Å². The summed E-state index contributed by atoms with van der Waals surface area (Å²) in [6, 6.07) is 14.5. The molecule has 5 nitrogen and oxygen atoms in total. The molecule has 47 heavy (non-hydrogen) atoms. The zero-order valence-electron chi connectivity index (χ0n) is 29.0. The fourth-order valence-electron chi connectivity index (χ4n) is 9.80. The Balaban J connectivity index is 1.01. The van der Waals surface area contributed by atoms with E-state index < -0.39 is 7.26 Å². The monoisotopic (exact) mass is 658 g/mol. The van der Waals surface area contributed by atoms with Crippen LogP contribution in [-0.4, -0.2) is 48.1 Å². The van der Waals surface area contributed by atoms with Gasteiger partial charge in [-0.25, -0.2) is 9.67 Å². The molecule has 3 aromatic rings. The Morgan fingerprint density at radius 3 is 1.51 bits per heavy atom. The lowest BCUT2D eigenvalue weighted by Crippen LogP contribution is -2.37. The van der Waals surface area contributed by atoms with E-state index in [1.165, 1.54) is 96.3 Å². The molecule has 3 aliphatic rings. The number of nitrogens with zero attached hydrogens (tertiary/aromatic N) is 3. The van der Waals surface area contributed by atoms with Crippen LogP contribution in [0, 0.1) is 0 Å². The average Bonchev–Trinajstić information content (AvgIpc) is 3.54. The fraction of sp³-hybridized carbons (Fsp3) is 0.659. The lowest BCUT2D eigenvalue weighted by Gasteiger charge is -2.49. The Kier molecular flexibility index (Phi) is 12.7. The summed E-state index contributed by atoms with van der Waals surface area (Å²) >= 11 is 0. The third-order valence-electron chi connectivity index (χ3n) is 12.1. The van der Waals surface area contributed by atoms with Crippen LogP contribution in [0.5, 0.6) is 11.5 Å². The van der Waals surface area contributed by atoms with Gasteiger partial charge in [0.05, 0.1) is 34.3 Å². The van der Waals surface area contributed by atoms with Gasteiger partial charge in [0.25, 0.3) is 0 Å². The summed E-state index contributed by atoms with van der Waals surface area (Å²) in [6.07, 6.45) is 33.8. The van der Waals surface area contributed by atoms with Crippen molar-refractivity contribution < 1.29 is 10.2 Å². The molecule has 6 heteroatoms. The molecular formula is C41H61N3O2P+. The van der Waals surface area contributed by atoms with Gasteiger partial charge in [-0.2, -0.15) is 5.10 Å². The molecule has 3 fully saturated rings. The number of aromatic nitrogens is 3. The summed E-state index contributed by atoms with van der Waals surface area (Å²) < 4.78 is 1.92. The Bertz CT molecular complexity index is 1320. The molecule has 256 valence electrons. The van der Waals surface area contributed by atoms with Crippen molar-refractivity contribution in [2.75, 3.05) is 6.16 Å². The van der Waals surface area contributed by atoms with Crippen molar-refractivity contribution in [3.8, 4) is 34.3 Å². The van der Waals surface area contributed by atoms with Crippen LogP contribution in [0.2, 0.25) is 0 Å². The second kappa shape index (κ2) is 17.3. The van der Waals surface area contributed by atoms with Crippen molar-refractivity contribution in [2.45, 2.75) is 165 Å². The highest BCUT2D eigenvalue weighted by Gasteiger charge is 2.56. The summed E-state index contributed by atoms with van der Waals surface area (Å²) in [5.41, 5.74) is 4.65. The van der Waals surface area contributed by atoms with E-state index in [1.807, 2.05) is 41.1 Å². The molecule has 3 saturated carbocycles. The molecule has 3 aliphatic carbocycles. The molecule has 0 unspecified atom stereocenters. The Labute approximate surface area is 285 Å². The Morgan fingerprint density at radius 2 is 1.00 bits per heavy atom. The molecule has 0 amide bonds. The molecule has 0 atom stereocenters. The minimum absolute atomic E-state index is 0.170. The molecule has 6 rings (SSSR count). The number of rotatable bonds is 15. The second-order valence-electron chi connectivity index (χ2n) is 15.1. The molecule has 0 spiro atoms. The van der Waals surface area contributed by atoms with E-state index in [2.05, 4.69) is 0 Å². The number of hydrogen-bond donors (Lipinski definition) is 2. The van der Waals surface area contributed by atoms with Crippen molar-refractivity contribution in [3.63, 3.8) is 0 Å². The summed E-state index contributed by atoms with van der Waals surface area (Å²) in [5.74, 6) is 1.52. The first-order valence-electron chi connectivity index (χ1n) is 19.6. The second-order valence-corrected chi connectivity index (χ2v) is 19.7. The fourth-order valence-corrected chi connectivity index (χ4v) is 17.4. The first-order valence-corrected chi connectivity index (χ1v) is 21.7. The van der Waals surface area contributed by atoms with Crippen LogP contribution in [0.1, 0.15) is 141 Å². The lowest BCUT2D eigenvalue weighted by molar-refractivity contribution is 0.449. The molecule has 0 radical (unpaired) electrons. The van der Waals surface area contributed by atoms with Gasteiger partial charge < -0.3 is 10.2 Å². The van der Waals surface area contributed by atoms with Gasteiger partial charge in [-0.3, -0.25) is 0 Å². The quantitative estimate of drug-likeness (QED) is 0.126. The normalized spacial score (nSPS) is 18.9. The minimum Gasteiger partial charge on any atom is -0.507 e. The van der Waals surface area contributed by atoms with E-state index in [4.69, 9.17) is 10.1 Å². The SMILES string of the molecule is Oc1ccccc1-c1nc(-c2ccccc2O)n(CCCCCCCCC[P+](C2CCCCC2)(C2CCCCC2)C2CCCCC2)n1. The van der Waals surface area contributed by atoms with Crippen LogP contribution in [0.15, 0.2) is 48.5 Å². The molecule has 1 aromatic heterocycles. The lowest BCUT2D eigenvalue weighted by atomic mass is 9.99. The van der Waals surface area contributed by atoms with Crippen LogP contribution < -0.4 is 0 Å². The van der Waals surface area contributed by atoms with Crippen molar-refractivity contribution in [2.24, 2.45) is 0 Å². The first-order chi connectivity index (χ1) is 23.2. The highest BCUT2D eigenvalue weighted by Crippen LogP contribution is 2.77. The van der Waals surface area contributed by atoms with Gasteiger partial charge in [0.1, 0.15) is 11.5 Å². The Hall–Kier alpha value is -2.39.